The first-order chi connectivity index (χ1) is 15.9. The van der Waals surface area contributed by atoms with Gasteiger partial charge in [-0.05, 0) is 42.8 Å². The molecule has 0 spiro atoms. The number of carbonyl (C=O) groups excluding carboxylic acids is 1. The Morgan fingerprint density at radius 3 is 2.73 bits per heavy atom. The average molecular weight is 482 g/mol. The molecule has 5 rings (SSSR count). The lowest BCUT2D eigenvalue weighted by molar-refractivity contribution is 0.0877. The van der Waals surface area contributed by atoms with Crippen LogP contribution in [0.25, 0.3) is 6.08 Å². The molecule has 5 nitrogen and oxygen atoms in total. The number of methoxy groups -OCH3 is 1. The predicted molar refractivity (Wildman–Crippen MR) is 128 cm³/mol. The summed E-state index contributed by atoms with van der Waals surface area (Å²) in [6.45, 7) is 3.56. The molecule has 2 heterocycles. The summed E-state index contributed by atoms with van der Waals surface area (Å²) in [4.78, 5) is 15.3. The van der Waals surface area contributed by atoms with Crippen molar-refractivity contribution in [3.8, 4) is 17.2 Å². The van der Waals surface area contributed by atoms with Crippen LogP contribution < -0.4 is 14.2 Å². The van der Waals surface area contributed by atoms with Gasteiger partial charge in [0.25, 0.3) is 0 Å². The van der Waals surface area contributed by atoms with E-state index in [-0.39, 0.29) is 11.5 Å². The van der Waals surface area contributed by atoms with E-state index in [1.54, 1.807) is 19.3 Å². The van der Waals surface area contributed by atoms with Crippen molar-refractivity contribution in [3.63, 3.8) is 0 Å². The zero-order valence-electron chi connectivity index (χ0n) is 18.2. The largest absolute Gasteiger partial charge is 0.496 e. The Morgan fingerprint density at radius 1 is 1.12 bits per heavy atom. The highest BCUT2D eigenvalue weighted by atomic mass is 35.5. The van der Waals surface area contributed by atoms with Gasteiger partial charge >= 0.3 is 0 Å². The van der Waals surface area contributed by atoms with E-state index in [1.165, 1.54) is 0 Å². The first-order valence-electron chi connectivity index (χ1n) is 10.5. The van der Waals surface area contributed by atoms with E-state index in [9.17, 15) is 4.79 Å². The summed E-state index contributed by atoms with van der Waals surface area (Å²) >= 11 is 12.4. The molecule has 0 atom stereocenters. The molecule has 0 fully saturated rings. The van der Waals surface area contributed by atoms with Gasteiger partial charge in [-0.25, -0.2) is 0 Å². The van der Waals surface area contributed by atoms with Crippen LogP contribution in [0, 0.1) is 6.92 Å². The minimum Gasteiger partial charge on any atom is -0.496 e. The zero-order valence-corrected chi connectivity index (χ0v) is 19.7. The lowest BCUT2D eigenvalue weighted by Gasteiger charge is -2.30. The molecule has 168 valence electrons. The molecule has 0 unspecified atom stereocenters. The second-order valence-electron chi connectivity index (χ2n) is 8.04. The van der Waals surface area contributed by atoms with Gasteiger partial charge in [-0.1, -0.05) is 47.5 Å². The highest BCUT2D eigenvalue weighted by Crippen LogP contribution is 2.43. The number of benzene rings is 3. The van der Waals surface area contributed by atoms with Crippen LogP contribution in [0.2, 0.25) is 10.0 Å². The van der Waals surface area contributed by atoms with Crippen LogP contribution in [-0.2, 0) is 13.1 Å². The molecule has 2 aliphatic rings. The molecule has 3 aromatic rings. The number of nitrogens with zero attached hydrogens (tertiary/aromatic N) is 1. The quantitative estimate of drug-likeness (QED) is 0.410. The number of hydrogen-bond donors (Lipinski definition) is 0. The fourth-order valence-electron chi connectivity index (χ4n) is 4.22. The Labute approximate surface area is 202 Å². The molecule has 3 aromatic carbocycles. The molecule has 0 N–H and O–H groups in total. The molecule has 0 aliphatic carbocycles. The predicted octanol–water partition coefficient (Wildman–Crippen LogP) is 6.28. The lowest BCUT2D eigenvalue weighted by Crippen LogP contribution is -2.32. The molecule has 7 heteroatoms. The minimum absolute atomic E-state index is 0.153. The average Bonchev–Trinajstić information content (AvgIpc) is 3.12. The monoisotopic (exact) mass is 481 g/mol. The third kappa shape index (κ3) is 4.08. The topological polar surface area (TPSA) is 48.0 Å². The summed E-state index contributed by atoms with van der Waals surface area (Å²) in [6, 6.07) is 14.8. The Hall–Kier alpha value is -2.99. The van der Waals surface area contributed by atoms with E-state index in [0.717, 1.165) is 28.0 Å². The third-order valence-electron chi connectivity index (χ3n) is 5.84. The fourth-order valence-corrected chi connectivity index (χ4v) is 4.68. The molecule has 0 radical (unpaired) electrons. The van der Waals surface area contributed by atoms with Gasteiger partial charge in [0.2, 0.25) is 5.78 Å². The third-order valence-corrected chi connectivity index (χ3v) is 6.42. The maximum Gasteiger partial charge on any atom is 0.231 e. The van der Waals surface area contributed by atoms with Gasteiger partial charge in [0.1, 0.15) is 24.0 Å². The summed E-state index contributed by atoms with van der Waals surface area (Å²) in [5.41, 5.74) is 4.05. The van der Waals surface area contributed by atoms with E-state index in [0.29, 0.717) is 46.9 Å². The number of hydrogen-bond acceptors (Lipinski definition) is 5. The molecular weight excluding hydrogens is 461 g/mol. The number of carbonyl (C=O) groups is 1. The standard InChI is InChI=1S/C26H21Cl2NO4/c1-15-25-18(13-29(14-32-25)12-17-7-8-19(27)11-21(17)28)9-20-24(30)23(33-26(15)20)10-16-5-3-4-6-22(16)31-2/h3-11H,12-14H2,1-2H3/b23-10-. The van der Waals surface area contributed by atoms with Crippen LogP contribution >= 0.6 is 23.2 Å². The molecule has 0 saturated carbocycles. The Bertz CT molecular complexity index is 1300. The van der Waals surface area contributed by atoms with Crippen LogP contribution in [-0.4, -0.2) is 24.5 Å². The van der Waals surface area contributed by atoms with E-state index in [4.69, 9.17) is 37.4 Å². The maximum absolute atomic E-state index is 13.2. The number of fused-ring (bicyclic) bond motifs is 2. The minimum atomic E-state index is -0.153. The van der Waals surface area contributed by atoms with E-state index >= 15 is 0 Å². The smallest absolute Gasteiger partial charge is 0.231 e. The summed E-state index contributed by atoms with van der Waals surface area (Å²) in [5, 5.41) is 1.22. The van der Waals surface area contributed by atoms with Gasteiger partial charge in [0.05, 0.1) is 12.7 Å². The lowest BCUT2D eigenvalue weighted by atomic mass is 9.99. The Kier molecular flexibility index (Phi) is 5.79. The normalized spacial score (nSPS) is 16.2. The van der Waals surface area contributed by atoms with Crippen LogP contribution in [0.4, 0.5) is 0 Å². The van der Waals surface area contributed by atoms with E-state index < -0.39 is 0 Å². The summed E-state index contributed by atoms with van der Waals surface area (Å²) in [5.74, 6) is 2.10. The maximum atomic E-state index is 13.2. The van der Waals surface area contributed by atoms with Gasteiger partial charge in [0.15, 0.2) is 5.76 Å². The van der Waals surface area contributed by atoms with Crippen molar-refractivity contribution in [2.24, 2.45) is 0 Å². The molecule has 0 amide bonds. The number of ketones is 1. The number of Topliss-reactive ketones (excluding diaryl/α,β-unsaturated/α-hetero) is 1. The second-order valence-corrected chi connectivity index (χ2v) is 8.89. The van der Waals surface area contributed by atoms with Crippen molar-refractivity contribution in [2.75, 3.05) is 13.8 Å². The summed E-state index contributed by atoms with van der Waals surface area (Å²) < 4.78 is 17.5. The summed E-state index contributed by atoms with van der Waals surface area (Å²) in [6.07, 6.45) is 1.72. The van der Waals surface area contributed by atoms with Gasteiger partial charge in [-0.2, -0.15) is 0 Å². The molecule has 0 saturated heterocycles. The number of ether oxygens (including phenoxy) is 3. The highest BCUT2D eigenvalue weighted by molar-refractivity contribution is 6.35. The second kappa shape index (κ2) is 8.75. The van der Waals surface area contributed by atoms with Crippen molar-refractivity contribution in [3.05, 3.63) is 92.2 Å². The first-order valence-corrected chi connectivity index (χ1v) is 11.2. The van der Waals surface area contributed by atoms with Gasteiger partial charge in [0, 0.05) is 39.8 Å². The van der Waals surface area contributed by atoms with E-state index in [1.807, 2.05) is 49.4 Å². The number of allylic oxidation sites excluding steroid dienone is 1. The van der Waals surface area contributed by atoms with Crippen molar-refractivity contribution < 1.29 is 19.0 Å². The molecule has 2 aliphatic heterocycles. The zero-order chi connectivity index (χ0) is 23.1. The Balaban J connectivity index is 1.43. The van der Waals surface area contributed by atoms with Crippen LogP contribution in [0.1, 0.15) is 32.6 Å². The van der Waals surface area contributed by atoms with Crippen molar-refractivity contribution in [1.82, 2.24) is 4.90 Å². The van der Waals surface area contributed by atoms with E-state index in [2.05, 4.69) is 4.90 Å². The summed E-state index contributed by atoms with van der Waals surface area (Å²) in [7, 11) is 1.60. The fraction of sp³-hybridized carbons (Fsp3) is 0.192. The van der Waals surface area contributed by atoms with Crippen LogP contribution in [0.15, 0.2) is 54.3 Å². The van der Waals surface area contributed by atoms with Crippen molar-refractivity contribution in [2.45, 2.75) is 20.0 Å². The molecule has 0 aromatic heterocycles. The Morgan fingerprint density at radius 2 is 1.94 bits per heavy atom. The van der Waals surface area contributed by atoms with Gasteiger partial charge in [-0.15, -0.1) is 0 Å². The molecule has 0 bridgehead atoms. The van der Waals surface area contributed by atoms with Crippen molar-refractivity contribution in [1.29, 1.82) is 0 Å². The highest BCUT2D eigenvalue weighted by Gasteiger charge is 2.33. The first kappa shape index (κ1) is 21.8. The van der Waals surface area contributed by atoms with Crippen molar-refractivity contribution >= 4 is 35.1 Å². The van der Waals surface area contributed by atoms with Gasteiger partial charge < -0.3 is 14.2 Å². The SMILES string of the molecule is COc1ccccc1/C=C1\Oc2c(cc3c(c2C)OCN(Cc2ccc(Cl)cc2Cl)C3)C1=O. The van der Waals surface area contributed by atoms with Crippen LogP contribution in [0.3, 0.4) is 0 Å². The number of para-hydroxylation sites is 1. The van der Waals surface area contributed by atoms with Gasteiger partial charge in [-0.3, -0.25) is 9.69 Å². The number of halogens is 2. The number of rotatable bonds is 4. The molecular formula is C26H21Cl2NO4. The van der Waals surface area contributed by atoms with Crippen LogP contribution in [0.5, 0.6) is 17.2 Å². The molecule has 33 heavy (non-hydrogen) atoms.